The van der Waals surface area contributed by atoms with Gasteiger partial charge in [-0.15, -0.1) is 0 Å². The van der Waals surface area contributed by atoms with Gasteiger partial charge in [-0.2, -0.15) is 0 Å². The molecular weight excluding hydrogens is 1530 g/mol. The standard InChI is InChI=1S/C101H172O16P2/c1-4-7-10-13-16-19-22-25-28-31-34-37-40-42-44-45-46-47-48-49-51-53-55-57-60-63-66-69-72-75-78-81-84-87-99(104)111-90-96(102)91-113-118(107,108)114-92-97(103)93-115-119(109,110)116-95-98(117-101(106)89-86-83-80-77-74-71-68-65-62-59-54-39-36-33-30-27-24-21-18-15-12-9-6-3)94-112-100(105)88-85-82-79-76-73-70-67-64-61-58-56-52-50-43-41-38-35-32-29-26-23-20-17-14-11-8-5-2/h8-9,11-12,16-21,25-30,34-39,42-44,50,59,62,96-98,102-103H,4-7,10,13-15,22-24,31-33,40-41,45-49,51-58,60-61,63-95H2,1-3H3,(H,107,108)(H,109,110)/b11-8-,12-9-,19-16-,20-17-,21-18-,28-25-,29-26-,30-27-,37-34-,38-35-,39-36-,44-42-,50-43-,62-59-. The zero-order valence-corrected chi connectivity index (χ0v) is 77.0. The fourth-order valence-corrected chi connectivity index (χ4v) is 14.4. The topological polar surface area (TPSA) is 231 Å². The summed E-state index contributed by atoms with van der Waals surface area (Å²) in [5.74, 6) is -1.58. The quantitative estimate of drug-likeness (QED) is 0.0146. The van der Waals surface area contributed by atoms with Gasteiger partial charge in [-0.25, -0.2) is 9.13 Å². The Morgan fingerprint density at radius 1 is 0.244 bits per heavy atom. The second-order valence-electron chi connectivity index (χ2n) is 31.4. The van der Waals surface area contributed by atoms with Crippen LogP contribution in [-0.4, -0.2) is 95.9 Å². The van der Waals surface area contributed by atoms with Crippen molar-refractivity contribution in [1.82, 2.24) is 0 Å². The number of ether oxygens (including phenoxy) is 3. The van der Waals surface area contributed by atoms with E-state index >= 15 is 0 Å². The maximum Gasteiger partial charge on any atom is 0.472 e. The smallest absolute Gasteiger partial charge is 0.463 e. The van der Waals surface area contributed by atoms with Gasteiger partial charge in [0, 0.05) is 19.3 Å². The van der Waals surface area contributed by atoms with Gasteiger partial charge >= 0.3 is 33.6 Å². The molecule has 0 aliphatic carbocycles. The second-order valence-corrected chi connectivity index (χ2v) is 34.3. The first-order chi connectivity index (χ1) is 58.2. The molecule has 0 amide bonds. The highest BCUT2D eigenvalue weighted by atomic mass is 31.2. The van der Waals surface area contributed by atoms with Crippen molar-refractivity contribution in [2.24, 2.45) is 0 Å². The maximum absolute atomic E-state index is 13.1. The number of aliphatic hydroxyl groups excluding tert-OH is 2. The number of rotatable bonds is 89. The van der Waals surface area contributed by atoms with E-state index in [0.717, 1.165) is 180 Å². The third kappa shape index (κ3) is 93.5. The van der Waals surface area contributed by atoms with E-state index in [1.165, 1.54) is 154 Å². The van der Waals surface area contributed by atoms with Crippen LogP contribution in [0.4, 0.5) is 0 Å². The van der Waals surface area contributed by atoms with Crippen molar-refractivity contribution in [1.29, 1.82) is 0 Å². The van der Waals surface area contributed by atoms with Crippen molar-refractivity contribution < 1.29 is 75.8 Å². The fourth-order valence-electron chi connectivity index (χ4n) is 12.8. The number of allylic oxidation sites excluding steroid dienone is 28. The van der Waals surface area contributed by atoms with Crippen molar-refractivity contribution in [2.45, 2.75) is 411 Å². The minimum Gasteiger partial charge on any atom is -0.463 e. The molecule has 16 nitrogen and oxygen atoms in total. The SMILES string of the molecule is CC/C=C\C/C=C\C/C=C\C/C=C\C/C=C\CCCCCCCCCCCCCC(=O)OCC(COP(=O)(O)OCC(O)COP(=O)(O)OCC(O)COC(=O)CCCCCCCCCCCCCCCCCCC/C=C\C/C=C\C/C=C\C/C=C\CCCCC)OC(=O)CCCCCCCCC/C=C\C/C=C\C/C=C\C/C=C\C/C=C\CC. The summed E-state index contributed by atoms with van der Waals surface area (Å²) in [6, 6.07) is 0. The summed E-state index contributed by atoms with van der Waals surface area (Å²) in [6.45, 7) is 2.46. The van der Waals surface area contributed by atoms with Gasteiger partial charge in [0.1, 0.15) is 25.4 Å². The van der Waals surface area contributed by atoms with E-state index in [1.54, 1.807) is 0 Å². The molecule has 0 fully saturated rings. The number of carbonyl (C=O) groups is 3. The lowest BCUT2D eigenvalue weighted by atomic mass is 10.0. The molecule has 0 saturated heterocycles. The molecule has 0 saturated carbocycles. The van der Waals surface area contributed by atoms with Gasteiger partial charge in [-0.1, -0.05) is 390 Å². The van der Waals surface area contributed by atoms with Gasteiger partial charge in [-0.3, -0.25) is 32.5 Å². The number of hydrogen-bond donors (Lipinski definition) is 4. The molecule has 682 valence electrons. The van der Waals surface area contributed by atoms with E-state index in [-0.39, 0.29) is 19.3 Å². The highest BCUT2D eigenvalue weighted by Gasteiger charge is 2.30. The average Bonchev–Trinajstić information content (AvgIpc) is 0.902. The Morgan fingerprint density at radius 2 is 0.445 bits per heavy atom. The molecule has 0 radical (unpaired) electrons. The van der Waals surface area contributed by atoms with E-state index in [0.29, 0.717) is 19.3 Å². The van der Waals surface area contributed by atoms with Gasteiger partial charge in [0.05, 0.1) is 26.4 Å². The lowest BCUT2D eigenvalue weighted by molar-refractivity contribution is -0.161. The normalized spacial score (nSPS) is 14.5. The molecule has 119 heavy (non-hydrogen) atoms. The Balaban J connectivity index is 4.59. The van der Waals surface area contributed by atoms with Gasteiger partial charge in [-0.05, 0) is 154 Å². The van der Waals surface area contributed by atoms with E-state index in [9.17, 15) is 43.5 Å². The molecule has 0 bridgehead atoms. The van der Waals surface area contributed by atoms with Crippen molar-refractivity contribution in [3.8, 4) is 0 Å². The minimum absolute atomic E-state index is 0.0863. The number of hydrogen-bond acceptors (Lipinski definition) is 14. The second kappa shape index (κ2) is 92.1. The van der Waals surface area contributed by atoms with E-state index < -0.39 is 91.5 Å². The van der Waals surface area contributed by atoms with Gasteiger partial charge in [0.2, 0.25) is 0 Å². The van der Waals surface area contributed by atoms with Crippen LogP contribution in [-0.2, 0) is 55.8 Å². The third-order valence-corrected chi connectivity index (χ3v) is 21.8. The molecule has 5 unspecified atom stereocenters. The van der Waals surface area contributed by atoms with E-state index in [1.807, 2.05) is 0 Å². The Morgan fingerprint density at radius 3 is 0.706 bits per heavy atom. The number of phosphoric ester groups is 2. The van der Waals surface area contributed by atoms with E-state index in [2.05, 4.69) is 191 Å². The van der Waals surface area contributed by atoms with Crippen molar-refractivity contribution in [3.63, 3.8) is 0 Å². The average molecular weight is 1700 g/mol. The summed E-state index contributed by atoms with van der Waals surface area (Å²) in [6.07, 6.45) is 120. The lowest BCUT2D eigenvalue weighted by Crippen LogP contribution is -2.30. The van der Waals surface area contributed by atoms with Crippen LogP contribution in [0.2, 0.25) is 0 Å². The largest absolute Gasteiger partial charge is 0.472 e. The highest BCUT2D eigenvalue weighted by Crippen LogP contribution is 2.45. The van der Waals surface area contributed by atoms with Crippen molar-refractivity contribution in [3.05, 3.63) is 170 Å². The van der Waals surface area contributed by atoms with Crippen molar-refractivity contribution >= 4 is 33.6 Å². The van der Waals surface area contributed by atoms with Crippen LogP contribution in [0, 0.1) is 0 Å². The van der Waals surface area contributed by atoms with Crippen LogP contribution in [0.15, 0.2) is 170 Å². The Hall–Kier alpha value is -5.09. The van der Waals surface area contributed by atoms with Gasteiger partial charge in [0.15, 0.2) is 6.10 Å². The number of carbonyl (C=O) groups excluding carboxylic acids is 3. The summed E-state index contributed by atoms with van der Waals surface area (Å²) < 4.78 is 61.5. The van der Waals surface area contributed by atoms with Gasteiger partial charge < -0.3 is 34.2 Å². The monoisotopic (exact) mass is 1700 g/mol. The summed E-state index contributed by atoms with van der Waals surface area (Å²) in [7, 11) is -9.82. The summed E-state index contributed by atoms with van der Waals surface area (Å²) in [5.41, 5.74) is 0. The maximum atomic E-state index is 13.1. The molecule has 0 rings (SSSR count). The molecular formula is C101H172O16P2. The van der Waals surface area contributed by atoms with Crippen LogP contribution in [0.3, 0.4) is 0 Å². The molecule has 18 heteroatoms. The van der Waals surface area contributed by atoms with Gasteiger partial charge in [0.25, 0.3) is 0 Å². The number of unbranched alkanes of at least 4 members (excludes halogenated alkanes) is 38. The molecule has 4 N–H and O–H groups in total. The minimum atomic E-state index is -4.95. The van der Waals surface area contributed by atoms with Crippen LogP contribution in [0.1, 0.15) is 393 Å². The summed E-state index contributed by atoms with van der Waals surface area (Å²) in [5, 5.41) is 20.8. The van der Waals surface area contributed by atoms with Crippen molar-refractivity contribution in [2.75, 3.05) is 39.6 Å². The molecule has 0 aliphatic heterocycles. The number of esters is 3. The number of aliphatic hydroxyl groups is 2. The first-order valence-electron chi connectivity index (χ1n) is 47.4. The Labute approximate surface area is 726 Å². The summed E-state index contributed by atoms with van der Waals surface area (Å²) in [4.78, 5) is 59.1. The van der Waals surface area contributed by atoms with Crippen LogP contribution >= 0.6 is 15.6 Å². The highest BCUT2D eigenvalue weighted by molar-refractivity contribution is 7.47. The number of phosphoric acid groups is 2. The van der Waals surface area contributed by atoms with Crippen LogP contribution < -0.4 is 0 Å². The molecule has 0 spiro atoms. The van der Waals surface area contributed by atoms with Crippen LogP contribution in [0.25, 0.3) is 0 Å². The summed E-state index contributed by atoms with van der Waals surface area (Å²) >= 11 is 0. The molecule has 5 atom stereocenters. The first-order valence-corrected chi connectivity index (χ1v) is 50.4. The third-order valence-electron chi connectivity index (χ3n) is 19.9. The lowest BCUT2D eigenvalue weighted by Gasteiger charge is -2.21. The first kappa shape index (κ1) is 114. The Bertz CT molecular complexity index is 2840. The fraction of sp³-hybridized carbons (Fsp3) is 0.693. The van der Waals surface area contributed by atoms with E-state index in [4.69, 9.17) is 32.3 Å². The predicted octanol–water partition coefficient (Wildman–Crippen LogP) is 29.4. The zero-order chi connectivity index (χ0) is 86.5. The predicted molar refractivity (Wildman–Crippen MR) is 500 cm³/mol. The molecule has 0 aromatic carbocycles. The zero-order valence-electron chi connectivity index (χ0n) is 75.2. The molecule has 0 aromatic heterocycles. The van der Waals surface area contributed by atoms with Crippen LogP contribution in [0.5, 0.6) is 0 Å². The molecule has 0 heterocycles. The molecule has 0 aromatic rings. The Kier molecular flexibility index (Phi) is 88.2. The molecule has 0 aliphatic rings.